The van der Waals surface area contributed by atoms with Crippen LogP contribution in [0.2, 0.25) is 0 Å². The molecule has 1 fully saturated rings. The Morgan fingerprint density at radius 1 is 1.08 bits per heavy atom. The minimum absolute atomic E-state index is 0.0677. The van der Waals surface area contributed by atoms with E-state index in [1.807, 2.05) is 24.3 Å². The average molecular weight is 502 g/mol. The smallest absolute Gasteiger partial charge is 0.248 e. The van der Waals surface area contributed by atoms with Crippen LogP contribution in [0.3, 0.4) is 0 Å². The predicted molar refractivity (Wildman–Crippen MR) is 137 cm³/mol. The number of aromatic hydroxyl groups is 1. The molecule has 2 N–H and O–H groups in total. The van der Waals surface area contributed by atoms with E-state index < -0.39 is 12.1 Å². The molecular formula is C28H31N5O4. The van der Waals surface area contributed by atoms with E-state index in [0.29, 0.717) is 16.8 Å². The van der Waals surface area contributed by atoms with E-state index in [1.165, 1.54) is 23.5 Å². The van der Waals surface area contributed by atoms with E-state index in [-0.39, 0.29) is 30.2 Å². The Labute approximate surface area is 215 Å². The molecule has 0 radical (unpaired) electrons. The van der Waals surface area contributed by atoms with Crippen LogP contribution in [-0.2, 0) is 16.1 Å². The molecule has 0 aliphatic heterocycles. The number of hydrogen-bond acceptors (Lipinski definition) is 6. The molecule has 4 aromatic rings. The molecular weight excluding hydrogens is 470 g/mol. The van der Waals surface area contributed by atoms with Gasteiger partial charge in [-0.2, -0.15) is 0 Å². The normalized spacial score (nSPS) is 15.8. The Bertz CT molecular complexity index is 1340. The lowest BCUT2D eigenvalue weighted by Gasteiger charge is -2.34. The fourth-order valence-corrected chi connectivity index (χ4v) is 5.04. The molecule has 2 atom stereocenters. The van der Waals surface area contributed by atoms with Crippen LogP contribution < -0.4 is 5.32 Å². The van der Waals surface area contributed by atoms with Gasteiger partial charge in [0, 0.05) is 6.04 Å². The summed E-state index contributed by atoms with van der Waals surface area (Å²) in [6.45, 7) is 1.85. The first-order chi connectivity index (χ1) is 18.0. The topological polar surface area (TPSA) is 113 Å². The third-order valence-electron chi connectivity index (χ3n) is 7.01. The summed E-state index contributed by atoms with van der Waals surface area (Å²) in [7, 11) is 0. The molecule has 2 heterocycles. The number of nitrogens with zero attached hydrogens (tertiary/aromatic N) is 4. The summed E-state index contributed by atoms with van der Waals surface area (Å²) in [4.78, 5) is 29.5. The van der Waals surface area contributed by atoms with Gasteiger partial charge < -0.3 is 19.7 Å². The highest BCUT2D eigenvalue weighted by molar-refractivity contribution is 5.91. The van der Waals surface area contributed by atoms with E-state index in [2.05, 4.69) is 15.6 Å². The minimum Gasteiger partial charge on any atom is -0.508 e. The van der Waals surface area contributed by atoms with Crippen molar-refractivity contribution in [2.75, 3.05) is 0 Å². The van der Waals surface area contributed by atoms with Crippen molar-refractivity contribution in [2.45, 2.75) is 63.7 Å². The maximum Gasteiger partial charge on any atom is 0.248 e. The van der Waals surface area contributed by atoms with E-state index in [4.69, 9.17) is 4.42 Å². The summed E-state index contributed by atoms with van der Waals surface area (Å²) in [5, 5.41) is 21.5. The summed E-state index contributed by atoms with van der Waals surface area (Å²) in [5.41, 5.74) is 2.01. The number of aromatic nitrogens is 3. The first-order valence-corrected chi connectivity index (χ1v) is 12.7. The van der Waals surface area contributed by atoms with E-state index in [0.717, 1.165) is 31.2 Å². The fraction of sp³-hybridized carbons (Fsp3) is 0.357. The number of furan rings is 1. The van der Waals surface area contributed by atoms with Gasteiger partial charge in [0.1, 0.15) is 29.1 Å². The largest absolute Gasteiger partial charge is 0.508 e. The van der Waals surface area contributed by atoms with Crippen LogP contribution in [0, 0.1) is 0 Å². The zero-order chi connectivity index (χ0) is 25.8. The van der Waals surface area contributed by atoms with Gasteiger partial charge in [0.2, 0.25) is 11.8 Å². The molecule has 192 valence electrons. The third kappa shape index (κ3) is 5.35. The van der Waals surface area contributed by atoms with E-state index >= 15 is 0 Å². The monoisotopic (exact) mass is 501 g/mol. The highest BCUT2D eigenvalue weighted by atomic mass is 16.3. The summed E-state index contributed by atoms with van der Waals surface area (Å²) in [6, 6.07) is 15.8. The molecule has 0 spiro atoms. The van der Waals surface area contributed by atoms with Crippen molar-refractivity contribution in [3.8, 4) is 5.75 Å². The molecule has 0 saturated heterocycles. The molecule has 9 nitrogen and oxygen atoms in total. The number of phenolic OH excluding ortho intramolecular Hbond substituents is 1. The lowest BCUT2D eigenvalue weighted by molar-refractivity contribution is -0.144. The van der Waals surface area contributed by atoms with Crippen LogP contribution >= 0.6 is 0 Å². The fourth-order valence-electron chi connectivity index (χ4n) is 5.04. The van der Waals surface area contributed by atoms with Gasteiger partial charge in [0.05, 0.1) is 18.3 Å². The Balaban J connectivity index is 1.53. The molecule has 5 rings (SSSR count). The number of carbonyl (C=O) groups excluding carboxylic acids is 2. The highest BCUT2D eigenvalue weighted by Gasteiger charge is 2.36. The quantitative estimate of drug-likeness (QED) is 0.367. The molecule has 1 aliphatic carbocycles. The van der Waals surface area contributed by atoms with Crippen LogP contribution in [0.15, 0.2) is 71.3 Å². The molecule has 1 aliphatic rings. The predicted octanol–water partition coefficient (Wildman–Crippen LogP) is 4.51. The van der Waals surface area contributed by atoms with Crippen LogP contribution in [0.1, 0.15) is 62.4 Å². The molecule has 2 aromatic heterocycles. The van der Waals surface area contributed by atoms with Crippen LogP contribution in [0.25, 0.3) is 11.0 Å². The molecule has 0 unspecified atom stereocenters. The number of carbonyl (C=O) groups is 2. The number of rotatable bonds is 8. The number of hydrogen-bond donors (Lipinski definition) is 2. The summed E-state index contributed by atoms with van der Waals surface area (Å²) < 4.78 is 7.17. The second-order valence-electron chi connectivity index (χ2n) is 9.58. The van der Waals surface area contributed by atoms with Crippen molar-refractivity contribution in [3.05, 3.63) is 78.3 Å². The first kappa shape index (κ1) is 24.5. The number of nitrogens with one attached hydrogen (secondary N) is 1. The molecule has 37 heavy (non-hydrogen) atoms. The molecule has 0 bridgehead atoms. The summed E-state index contributed by atoms with van der Waals surface area (Å²) in [6.07, 6.45) is 6.69. The number of phenols is 1. The Kier molecular flexibility index (Phi) is 7.20. The molecule has 9 heteroatoms. The van der Waals surface area contributed by atoms with Gasteiger partial charge in [-0.3, -0.25) is 9.59 Å². The van der Waals surface area contributed by atoms with Gasteiger partial charge in [-0.05, 0) is 61.7 Å². The second-order valence-corrected chi connectivity index (χ2v) is 9.58. The lowest BCUT2D eigenvalue weighted by atomic mass is 9.94. The van der Waals surface area contributed by atoms with Gasteiger partial charge in [-0.15, -0.1) is 5.10 Å². The second kappa shape index (κ2) is 10.9. The van der Waals surface area contributed by atoms with Crippen molar-refractivity contribution in [1.82, 2.24) is 25.2 Å². The molecule has 2 amide bonds. The van der Waals surface area contributed by atoms with E-state index in [1.54, 1.807) is 42.1 Å². The van der Waals surface area contributed by atoms with Crippen LogP contribution in [0.4, 0.5) is 0 Å². The number of benzene rings is 2. The highest BCUT2D eigenvalue weighted by Crippen LogP contribution is 2.30. The van der Waals surface area contributed by atoms with Gasteiger partial charge in [-0.1, -0.05) is 48.7 Å². The molecule has 1 saturated carbocycles. The minimum atomic E-state index is -0.933. The van der Waals surface area contributed by atoms with Gasteiger partial charge in [-0.25, -0.2) is 4.68 Å². The van der Waals surface area contributed by atoms with Gasteiger partial charge in [0.25, 0.3) is 0 Å². The zero-order valence-corrected chi connectivity index (χ0v) is 20.8. The maximum atomic E-state index is 14.2. The van der Waals surface area contributed by atoms with Crippen molar-refractivity contribution < 1.29 is 19.1 Å². The van der Waals surface area contributed by atoms with Crippen LogP contribution in [-0.4, -0.2) is 42.9 Å². The van der Waals surface area contributed by atoms with Crippen molar-refractivity contribution in [1.29, 1.82) is 0 Å². The standard InChI is InChI=1S/C28H31N5O4/c1-19(33-25-12-6-5-11-24(25)30-31-33)28(36)32(18-23-10-7-17-37-23)26(20-13-15-22(34)16-14-20)27(35)29-21-8-3-2-4-9-21/h5-7,10-17,19,21,26,34H,2-4,8-9,18H2,1H3,(H,29,35)/t19-,26+/m1/s1. The SMILES string of the molecule is C[C@H](C(=O)N(Cc1ccco1)[C@H](C(=O)NC1CCCCC1)c1ccc(O)cc1)n1nnc2ccccc21. The third-order valence-corrected chi connectivity index (χ3v) is 7.01. The molecule has 2 aromatic carbocycles. The van der Waals surface area contributed by atoms with Crippen LogP contribution in [0.5, 0.6) is 5.75 Å². The van der Waals surface area contributed by atoms with Crippen molar-refractivity contribution in [2.24, 2.45) is 0 Å². The van der Waals surface area contributed by atoms with Crippen molar-refractivity contribution >= 4 is 22.8 Å². The Morgan fingerprint density at radius 2 is 1.84 bits per heavy atom. The number of para-hydroxylation sites is 1. The number of amides is 2. The zero-order valence-electron chi connectivity index (χ0n) is 20.8. The van der Waals surface area contributed by atoms with E-state index in [9.17, 15) is 14.7 Å². The summed E-state index contributed by atoms with van der Waals surface area (Å²) in [5.74, 6) is 0.0804. The number of fused-ring (bicyclic) bond motifs is 1. The lowest BCUT2D eigenvalue weighted by Crippen LogP contribution is -2.48. The van der Waals surface area contributed by atoms with Gasteiger partial charge in [0.15, 0.2) is 0 Å². The summed E-state index contributed by atoms with van der Waals surface area (Å²) >= 11 is 0. The maximum absolute atomic E-state index is 14.2. The average Bonchev–Trinajstić information content (AvgIpc) is 3.59. The van der Waals surface area contributed by atoms with Crippen molar-refractivity contribution in [3.63, 3.8) is 0 Å². The van der Waals surface area contributed by atoms with Gasteiger partial charge >= 0.3 is 0 Å². The Hall–Kier alpha value is -4.14. The first-order valence-electron chi connectivity index (χ1n) is 12.7. The Morgan fingerprint density at radius 3 is 2.57 bits per heavy atom.